The van der Waals surface area contributed by atoms with Gasteiger partial charge >= 0.3 is 6.03 Å². The summed E-state index contributed by atoms with van der Waals surface area (Å²) in [5.74, 6) is 0.821. The Bertz CT molecular complexity index is 746. The summed E-state index contributed by atoms with van der Waals surface area (Å²) in [6.07, 6.45) is 1.87. The van der Waals surface area contributed by atoms with Crippen molar-refractivity contribution < 1.29 is 19.4 Å². The topological polar surface area (TPSA) is 92.7 Å². The maximum Gasteiger partial charge on any atom is 0.319 e. The fourth-order valence-corrected chi connectivity index (χ4v) is 2.44. The van der Waals surface area contributed by atoms with Crippen molar-refractivity contribution in [3.8, 4) is 17.4 Å². The molecule has 1 aromatic carbocycles. The van der Waals surface area contributed by atoms with Crippen LogP contribution in [-0.2, 0) is 0 Å². The summed E-state index contributed by atoms with van der Waals surface area (Å²) in [5.41, 5.74) is 0.867. The monoisotopic (exact) mass is 333 g/mol. The van der Waals surface area contributed by atoms with Crippen LogP contribution < -0.4 is 20.1 Å². The Kier molecular flexibility index (Phi) is 5.68. The Hall–Kier alpha value is -2.70. The van der Waals surface area contributed by atoms with E-state index in [0.717, 1.165) is 18.2 Å². The van der Waals surface area contributed by atoms with E-state index in [1.807, 2.05) is 6.92 Å². The zero-order valence-corrected chi connectivity index (χ0v) is 14.4. The molecule has 3 N–H and O–H groups in total. The van der Waals surface area contributed by atoms with Crippen LogP contribution in [0.25, 0.3) is 10.8 Å². The van der Waals surface area contributed by atoms with Crippen molar-refractivity contribution in [3.63, 3.8) is 0 Å². The number of amides is 2. The zero-order valence-electron chi connectivity index (χ0n) is 14.4. The van der Waals surface area contributed by atoms with Crippen molar-refractivity contribution in [2.24, 2.45) is 0 Å². The molecule has 2 amide bonds. The normalized spacial score (nSPS) is 10.5. The highest BCUT2D eigenvalue weighted by Gasteiger charge is 2.17. The first-order valence-corrected chi connectivity index (χ1v) is 7.82. The minimum Gasteiger partial charge on any atom is -0.493 e. The number of anilines is 1. The van der Waals surface area contributed by atoms with Gasteiger partial charge in [-0.25, -0.2) is 9.78 Å². The van der Waals surface area contributed by atoms with Crippen molar-refractivity contribution in [2.45, 2.75) is 26.7 Å². The number of aromatic nitrogens is 1. The molecule has 24 heavy (non-hydrogen) atoms. The highest BCUT2D eigenvalue weighted by molar-refractivity contribution is 6.05. The van der Waals surface area contributed by atoms with Crippen LogP contribution in [0.4, 0.5) is 10.5 Å². The summed E-state index contributed by atoms with van der Waals surface area (Å²) in [7, 11) is 3.08. The third kappa shape index (κ3) is 3.61. The second kappa shape index (κ2) is 7.72. The maximum absolute atomic E-state index is 12.0. The van der Waals surface area contributed by atoms with Gasteiger partial charge < -0.3 is 25.2 Å². The maximum atomic E-state index is 12.0. The number of ether oxygens (including phenoxy) is 2. The van der Waals surface area contributed by atoms with E-state index in [4.69, 9.17) is 9.47 Å². The Morgan fingerprint density at radius 3 is 2.42 bits per heavy atom. The number of methoxy groups -OCH3 is 2. The molecular formula is C17H23N3O4. The van der Waals surface area contributed by atoms with Gasteiger partial charge in [0, 0.05) is 23.0 Å². The number of rotatable bonds is 6. The highest BCUT2D eigenvalue weighted by atomic mass is 16.5. The molecule has 0 aliphatic carbocycles. The van der Waals surface area contributed by atoms with Gasteiger partial charge in [0.1, 0.15) is 5.69 Å². The van der Waals surface area contributed by atoms with Gasteiger partial charge in [0.05, 0.1) is 14.2 Å². The molecule has 0 atom stereocenters. The molecule has 0 fully saturated rings. The molecule has 0 saturated heterocycles. The summed E-state index contributed by atoms with van der Waals surface area (Å²) in [6.45, 7) is 4.39. The summed E-state index contributed by atoms with van der Waals surface area (Å²) >= 11 is 0. The van der Waals surface area contributed by atoms with Gasteiger partial charge in [-0.1, -0.05) is 13.3 Å². The molecule has 0 aliphatic rings. The van der Waals surface area contributed by atoms with Gasteiger partial charge in [0.2, 0.25) is 5.88 Å². The number of fused-ring (bicyclic) bond motifs is 1. The number of nitrogens with zero attached hydrogens (tertiary/aromatic N) is 1. The molecular weight excluding hydrogens is 310 g/mol. The average molecular weight is 333 g/mol. The minimum atomic E-state index is -0.388. The number of pyridine rings is 1. The number of hydrogen-bond acceptors (Lipinski definition) is 5. The average Bonchev–Trinajstić information content (AvgIpc) is 2.57. The standard InChI is InChI=1S/C17H23N3O4/c1-5-6-7-18-17(22)20-15-12-9-14(24-4)13(23-3)8-11(12)10(2)19-16(15)21/h8-9H,5-7H2,1-4H3,(H,19,21)(H2,18,20,22). The molecule has 2 rings (SSSR count). The Balaban J connectivity index is 2.46. The van der Waals surface area contributed by atoms with E-state index >= 15 is 0 Å². The molecule has 1 heterocycles. The molecule has 0 unspecified atom stereocenters. The lowest BCUT2D eigenvalue weighted by Gasteiger charge is -2.15. The number of carbonyl (C=O) groups excluding carboxylic acids is 1. The van der Waals surface area contributed by atoms with Gasteiger partial charge in [0.25, 0.3) is 0 Å². The minimum absolute atomic E-state index is 0.238. The van der Waals surface area contributed by atoms with Gasteiger partial charge in [-0.3, -0.25) is 0 Å². The van der Waals surface area contributed by atoms with E-state index in [9.17, 15) is 9.90 Å². The Morgan fingerprint density at radius 2 is 1.83 bits per heavy atom. The smallest absolute Gasteiger partial charge is 0.319 e. The van der Waals surface area contributed by atoms with Crippen LogP contribution in [0.1, 0.15) is 25.5 Å². The second-order valence-electron chi connectivity index (χ2n) is 5.38. The summed E-state index contributed by atoms with van der Waals surface area (Å²) in [5, 5.41) is 17.0. The van der Waals surface area contributed by atoms with Crippen molar-refractivity contribution in [3.05, 3.63) is 17.8 Å². The summed E-state index contributed by atoms with van der Waals surface area (Å²) in [6, 6.07) is 3.10. The second-order valence-corrected chi connectivity index (χ2v) is 5.38. The predicted octanol–water partition coefficient (Wildman–Crippen LogP) is 3.19. The van der Waals surface area contributed by atoms with E-state index in [1.165, 1.54) is 7.11 Å². The Morgan fingerprint density at radius 1 is 1.21 bits per heavy atom. The molecule has 0 spiro atoms. The first-order valence-electron chi connectivity index (χ1n) is 7.82. The molecule has 2 aromatic rings. The van der Waals surface area contributed by atoms with Crippen LogP contribution >= 0.6 is 0 Å². The van der Waals surface area contributed by atoms with Crippen molar-refractivity contribution >= 4 is 22.5 Å². The number of benzene rings is 1. The molecule has 130 valence electrons. The zero-order chi connectivity index (χ0) is 17.7. The van der Waals surface area contributed by atoms with Crippen LogP contribution in [0.15, 0.2) is 12.1 Å². The van der Waals surface area contributed by atoms with Gasteiger partial charge in [-0.15, -0.1) is 0 Å². The predicted molar refractivity (Wildman–Crippen MR) is 93.2 cm³/mol. The molecule has 7 nitrogen and oxygen atoms in total. The van der Waals surface area contributed by atoms with Gasteiger partial charge in [-0.05, 0) is 25.5 Å². The SMILES string of the molecule is CCCCNC(=O)Nc1c(O)nc(C)c2cc(OC)c(OC)cc12. The first kappa shape index (κ1) is 17.7. The third-order valence-electron chi connectivity index (χ3n) is 3.73. The fraction of sp³-hybridized carbons (Fsp3) is 0.412. The van der Waals surface area contributed by atoms with Crippen molar-refractivity contribution in [2.75, 3.05) is 26.1 Å². The number of urea groups is 1. The first-order chi connectivity index (χ1) is 11.5. The van der Waals surface area contributed by atoms with E-state index < -0.39 is 0 Å². The summed E-state index contributed by atoms with van der Waals surface area (Å²) in [4.78, 5) is 16.1. The number of nitrogens with one attached hydrogen (secondary N) is 2. The molecule has 0 aliphatic heterocycles. The number of aryl methyl sites for hydroxylation is 1. The molecule has 0 saturated carbocycles. The highest BCUT2D eigenvalue weighted by Crippen LogP contribution is 2.39. The fourth-order valence-electron chi connectivity index (χ4n) is 2.44. The lowest BCUT2D eigenvalue weighted by molar-refractivity contribution is 0.252. The molecule has 0 radical (unpaired) electrons. The van der Waals surface area contributed by atoms with Crippen LogP contribution in [0, 0.1) is 6.92 Å². The van der Waals surface area contributed by atoms with E-state index in [-0.39, 0.29) is 17.6 Å². The molecule has 1 aromatic heterocycles. The van der Waals surface area contributed by atoms with Crippen LogP contribution in [0.3, 0.4) is 0 Å². The lowest BCUT2D eigenvalue weighted by Crippen LogP contribution is -2.29. The quantitative estimate of drug-likeness (QED) is 0.706. The van der Waals surface area contributed by atoms with E-state index in [1.54, 1.807) is 26.2 Å². The van der Waals surface area contributed by atoms with E-state index in [0.29, 0.717) is 29.1 Å². The Labute approximate surface area is 141 Å². The van der Waals surface area contributed by atoms with E-state index in [2.05, 4.69) is 15.6 Å². The summed E-state index contributed by atoms with van der Waals surface area (Å²) < 4.78 is 10.6. The number of hydrogen-bond donors (Lipinski definition) is 3. The van der Waals surface area contributed by atoms with Crippen LogP contribution in [0.2, 0.25) is 0 Å². The third-order valence-corrected chi connectivity index (χ3v) is 3.73. The van der Waals surface area contributed by atoms with Crippen LogP contribution in [0.5, 0.6) is 17.4 Å². The lowest BCUT2D eigenvalue weighted by atomic mass is 10.1. The van der Waals surface area contributed by atoms with Gasteiger partial charge in [0.15, 0.2) is 11.5 Å². The van der Waals surface area contributed by atoms with Gasteiger partial charge in [-0.2, -0.15) is 0 Å². The van der Waals surface area contributed by atoms with Crippen molar-refractivity contribution in [1.29, 1.82) is 0 Å². The number of unbranched alkanes of at least 4 members (excludes halogenated alkanes) is 1. The molecule has 7 heteroatoms. The number of aromatic hydroxyl groups is 1. The molecule has 0 bridgehead atoms. The van der Waals surface area contributed by atoms with Crippen LogP contribution in [-0.4, -0.2) is 36.9 Å². The number of carbonyl (C=O) groups is 1. The van der Waals surface area contributed by atoms with Crippen molar-refractivity contribution in [1.82, 2.24) is 10.3 Å². The largest absolute Gasteiger partial charge is 0.493 e.